The lowest BCUT2D eigenvalue weighted by molar-refractivity contribution is -0.150. The first-order valence-corrected chi connectivity index (χ1v) is 9.76. The van der Waals surface area contributed by atoms with Crippen LogP contribution in [0.25, 0.3) is 0 Å². The Bertz CT molecular complexity index is 799. The zero-order valence-corrected chi connectivity index (χ0v) is 16.6. The molecule has 0 radical (unpaired) electrons. The Morgan fingerprint density at radius 1 is 1.28 bits per heavy atom. The molecule has 0 saturated carbocycles. The van der Waals surface area contributed by atoms with Gasteiger partial charge in [0.1, 0.15) is 5.54 Å². The van der Waals surface area contributed by atoms with Crippen LogP contribution in [0.1, 0.15) is 32.3 Å². The summed E-state index contributed by atoms with van der Waals surface area (Å²) >= 11 is 0. The number of imide groups is 1. The highest BCUT2D eigenvalue weighted by molar-refractivity contribution is 6.08. The predicted molar refractivity (Wildman–Crippen MR) is 103 cm³/mol. The highest BCUT2D eigenvalue weighted by Gasteiger charge is 2.50. The molecule has 0 aromatic heterocycles. The Morgan fingerprint density at radius 3 is 2.69 bits per heavy atom. The predicted octanol–water partition coefficient (Wildman–Crippen LogP) is 0.760. The van der Waals surface area contributed by atoms with Crippen molar-refractivity contribution in [2.45, 2.75) is 32.2 Å². The summed E-state index contributed by atoms with van der Waals surface area (Å²) in [4.78, 5) is 51.4. The second-order valence-corrected chi connectivity index (χ2v) is 7.42. The second-order valence-electron chi connectivity index (χ2n) is 7.42. The highest BCUT2D eigenvalue weighted by atomic mass is 16.5. The van der Waals surface area contributed by atoms with Gasteiger partial charge in [-0.3, -0.25) is 24.7 Å². The largest absolute Gasteiger partial charge is 0.466 e. The Kier molecular flexibility index (Phi) is 6.17. The molecule has 0 spiro atoms. The molecule has 29 heavy (non-hydrogen) atoms. The lowest BCUT2D eigenvalue weighted by atomic mass is 9.92. The molecule has 156 valence electrons. The molecule has 1 aromatic rings. The third-order valence-corrected chi connectivity index (χ3v) is 5.27. The monoisotopic (exact) mass is 402 g/mol. The van der Waals surface area contributed by atoms with Gasteiger partial charge in [0.2, 0.25) is 0 Å². The van der Waals surface area contributed by atoms with Crippen LogP contribution in [0, 0.1) is 5.92 Å². The minimum Gasteiger partial charge on any atom is -0.466 e. The Hall–Kier alpha value is -2.94. The van der Waals surface area contributed by atoms with E-state index in [-0.39, 0.29) is 18.4 Å². The van der Waals surface area contributed by atoms with Crippen LogP contribution in [0.2, 0.25) is 0 Å². The van der Waals surface area contributed by atoms with Gasteiger partial charge in [0.25, 0.3) is 11.8 Å². The number of amides is 4. The summed E-state index contributed by atoms with van der Waals surface area (Å²) in [6.45, 7) is 4.73. The molecule has 0 aliphatic carbocycles. The molecule has 3 rings (SSSR count). The van der Waals surface area contributed by atoms with Gasteiger partial charge < -0.3 is 10.1 Å². The number of benzene rings is 1. The van der Waals surface area contributed by atoms with Gasteiger partial charge in [0, 0.05) is 6.54 Å². The van der Waals surface area contributed by atoms with E-state index >= 15 is 0 Å². The lowest BCUT2D eigenvalue weighted by Crippen LogP contribution is -2.52. The average Bonchev–Trinajstić information content (AvgIpc) is 2.93. The Labute approximate surface area is 169 Å². The normalized spacial score (nSPS) is 24.9. The van der Waals surface area contributed by atoms with Crippen LogP contribution in [0.3, 0.4) is 0 Å². The van der Waals surface area contributed by atoms with Crippen LogP contribution in [-0.2, 0) is 24.7 Å². The number of piperidine rings is 1. The van der Waals surface area contributed by atoms with E-state index in [4.69, 9.17) is 4.74 Å². The molecule has 2 aliphatic rings. The van der Waals surface area contributed by atoms with Crippen molar-refractivity contribution in [3.05, 3.63) is 35.9 Å². The fourth-order valence-corrected chi connectivity index (χ4v) is 3.72. The van der Waals surface area contributed by atoms with E-state index in [1.54, 1.807) is 38.1 Å². The summed E-state index contributed by atoms with van der Waals surface area (Å²) in [6, 6.07) is 8.17. The second kappa shape index (κ2) is 8.60. The number of likely N-dealkylation sites (tertiary alicyclic amines) is 1. The van der Waals surface area contributed by atoms with Crippen molar-refractivity contribution in [1.29, 1.82) is 0 Å². The molecule has 2 atom stereocenters. The van der Waals surface area contributed by atoms with Gasteiger partial charge >= 0.3 is 12.0 Å². The van der Waals surface area contributed by atoms with E-state index in [2.05, 4.69) is 10.7 Å². The molecule has 0 bridgehead atoms. The molecule has 9 heteroatoms. The number of carbonyl (C=O) groups is 4. The first kappa shape index (κ1) is 20.8. The molecule has 2 saturated heterocycles. The number of carbonyl (C=O) groups excluding carboxylic acids is 4. The number of hydrogen-bond acceptors (Lipinski definition) is 6. The topological polar surface area (TPSA) is 108 Å². The lowest BCUT2D eigenvalue weighted by Gasteiger charge is -2.31. The average molecular weight is 402 g/mol. The van der Waals surface area contributed by atoms with E-state index in [0.29, 0.717) is 25.3 Å². The number of hydrazine groups is 1. The zero-order valence-electron chi connectivity index (χ0n) is 16.6. The fourth-order valence-electron chi connectivity index (χ4n) is 3.72. The van der Waals surface area contributed by atoms with E-state index in [1.807, 2.05) is 11.0 Å². The molecule has 9 nitrogen and oxygen atoms in total. The van der Waals surface area contributed by atoms with Crippen LogP contribution in [-0.4, -0.2) is 60.0 Å². The number of esters is 1. The summed E-state index contributed by atoms with van der Waals surface area (Å²) in [5.74, 6) is -1.57. The number of hydrogen-bond donors (Lipinski definition) is 2. The van der Waals surface area contributed by atoms with Crippen molar-refractivity contribution in [1.82, 2.24) is 20.7 Å². The van der Waals surface area contributed by atoms with Crippen LogP contribution < -0.4 is 10.7 Å². The van der Waals surface area contributed by atoms with Gasteiger partial charge in [-0.25, -0.2) is 4.79 Å². The molecule has 2 N–H and O–H groups in total. The van der Waals surface area contributed by atoms with Crippen molar-refractivity contribution in [2.75, 3.05) is 26.2 Å². The van der Waals surface area contributed by atoms with Crippen molar-refractivity contribution >= 4 is 23.8 Å². The van der Waals surface area contributed by atoms with Gasteiger partial charge in [-0.05, 0) is 38.8 Å². The van der Waals surface area contributed by atoms with Crippen LogP contribution in [0.5, 0.6) is 0 Å². The zero-order chi connectivity index (χ0) is 21.0. The van der Waals surface area contributed by atoms with Gasteiger partial charge in [-0.2, -0.15) is 5.01 Å². The Balaban J connectivity index is 1.60. The first-order chi connectivity index (χ1) is 13.8. The van der Waals surface area contributed by atoms with Crippen molar-refractivity contribution in [3.8, 4) is 0 Å². The molecule has 2 fully saturated rings. The number of nitrogens with one attached hydrogen (secondary N) is 2. The molecular formula is C20H26N4O5. The number of ether oxygens (including phenoxy) is 1. The van der Waals surface area contributed by atoms with E-state index in [1.165, 1.54) is 0 Å². The number of urea groups is 1. The van der Waals surface area contributed by atoms with E-state index in [9.17, 15) is 19.2 Å². The maximum atomic E-state index is 12.8. The minimum absolute atomic E-state index is 0.0188. The van der Waals surface area contributed by atoms with Gasteiger partial charge in [0.15, 0.2) is 0 Å². The van der Waals surface area contributed by atoms with Gasteiger partial charge in [0.05, 0.1) is 19.1 Å². The summed E-state index contributed by atoms with van der Waals surface area (Å²) in [5, 5.41) is 3.36. The quantitative estimate of drug-likeness (QED) is 0.537. The third kappa shape index (κ3) is 4.40. The first-order valence-electron chi connectivity index (χ1n) is 9.76. The smallest absolute Gasteiger partial charge is 0.344 e. The van der Waals surface area contributed by atoms with Gasteiger partial charge in [-0.15, -0.1) is 0 Å². The summed E-state index contributed by atoms with van der Waals surface area (Å²) < 4.78 is 5.06. The standard InChI is InChI=1S/C20H26N4O5/c1-3-29-17(26)14-8-7-11-23(12-14)13-16(25)22-24-18(27)20(2,21-19(24)28)15-9-5-4-6-10-15/h4-6,9-10,14H,3,7-8,11-13H2,1-2H3,(H,21,28)(H,22,25)/t14-,20-/m1/s1. The number of rotatable bonds is 6. The molecule has 2 heterocycles. The summed E-state index contributed by atoms with van der Waals surface area (Å²) in [7, 11) is 0. The SMILES string of the molecule is CCOC(=O)[C@@H]1CCCN(CC(=O)NN2C(=O)N[C@](C)(c3ccccc3)C2=O)C1. The van der Waals surface area contributed by atoms with Crippen LogP contribution in [0.4, 0.5) is 4.79 Å². The summed E-state index contributed by atoms with van der Waals surface area (Å²) in [6.07, 6.45) is 1.49. The summed E-state index contributed by atoms with van der Waals surface area (Å²) in [5.41, 5.74) is 1.78. The van der Waals surface area contributed by atoms with E-state index in [0.717, 1.165) is 17.9 Å². The molecule has 0 unspecified atom stereocenters. The van der Waals surface area contributed by atoms with Crippen molar-refractivity contribution in [2.24, 2.45) is 5.92 Å². The van der Waals surface area contributed by atoms with E-state index < -0.39 is 23.4 Å². The van der Waals surface area contributed by atoms with Crippen LogP contribution >= 0.6 is 0 Å². The van der Waals surface area contributed by atoms with Gasteiger partial charge in [-0.1, -0.05) is 30.3 Å². The van der Waals surface area contributed by atoms with Crippen molar-refractivity contribution in [3.63, 3.8) is 0 Å². The molecule has 4 amide bonds. The maximum Gasteiger partial charge on any atom is 0.344 e. The number of nitrogens with zero attached hydrogens (tertiary/aromatic N) is 2. The fraction of sp³-hybridized carbons (Fsp3) is 0.500. The maximum absolute atomic E-state index is 12.8. The molecule has 1 aromatic carbocycles. The van der Waals surface area contributed by atoms with Crippen LogP contribution in [0.15, 0.2) is 30.3 Å². The Morgan fingerprint density at radius 2 is 2.00 bits per heavy atom. The van der Waals surface area contributed by atoms with Crippen molar-refractivity contribution < 1.29 is 23.9 Å². The third-order valence-electron chi connectivity index (χ3n) is 5.27. The molecular weight excluding hydrogens is 376 g/mol. The minimum atomic E-state index is -1.24. The molecule has 2 aliphatic heterocycles. The highest BCUT2D eigenvalue weighted by Crippen LogP contribution is 2.27.